The van der Waals surface area contributed by atoms with Crippen LogP contribution < -0.4 is 0 Å². The quantitative estimate of drug-likeness (QED) is 0.321. The van der Waals surface area contributed by atoms with Crippen LogP contribution in [0.15, 0.2) is 61.2 Å². The number of benzene rings is 2. The summed E-state index contributed by atoms with van der Waals surface area (Å²) in [7, 11) is -1.83. The summed E-state index contributed by atoms with van der Waals surface area (Å²) < 4.78 is 31.7. The number of carbonyl (C=O) groups is 1. The highest BCUT2D eigenvalue weighted by molar-refractivity contribution is 7.43. The second kappa shape index (κ2) is 9.10. The molecule has 1 aromatic heterocycles. The van der Waals surface area contributed by atoms with Gasteiger partial charge in [-0.1, -0.05) is 50.8 Å². The third-order valence-electron chi connectivity index (χ3n) is 5.90. The van der Waals surface area contributed by atoms with Gasteiger partial charge >= 0.3 is 19.2 Å². The summed E-state index contributed by atoms with van der Waals surface area (Å²) in [5.41, 5.74) is -0.0413. The number of hydrogen-bond donors (Lipinski definition) is 2. The molecule has 3 aromatic rings. The Labute approximate surface area is 192 Å². The number of pyridine rings is 1. The molecule has 0 saturated heterocycles. The third kappa shape index (κ3) is 3.86. The predicted molar refractivity (Wildman–Crippen MR) is 126 cm³/mol. The molecule has 3 atom stereocenters. The minimum absolute atomic E-state index is 0.172. The molecule has 6 nitrogen and oxygen atoms in total. The van der Waals surface area contributed by atoms with Gasteiger partial charge in [0.1, 0.15) is 5.82 Å². The van der Waals surface area contributed by atoms with Gasteiger partial charge in [0.15, 0.2) is 5.60 Å². The molecule has 0 bridgehead atoms. The maximum Gasteiger partial charge on any atom is 0.534 e. The smallest absolute Gasteiger partial charge is 0.477 e. The van der Waals surface area contributed by atoms with E-state index in [0.29, 0.717) is 27.7 Å². The average molecular weight is 470 g/mol. The largest absolute Gasteiger partial charge is 0.534 e. The molecule has 3 rings (SSSR count). The van der Waals surface area contributed by atoms with Crippen molar-refractivity contribution in [1.29, 1.82) is 0 Å². The number of carboxylic acid groups (broad SMARTS) is 1. The van der Waals surface area contributed by atoms with Crippen LogP contribution in [0, 0.1) is 5.82 Å². The molecule has 0 aliphatic rings. The number of fused-ring (bicyclic) bond motifs is 1. The Kier molecular flexibility index (Phi) is 6.80. The van der Waals surface area contributed by atoms with Gasteiger partial charge < -0.3 is 10.2 Å². The van der Waals surface area contributed by atoms with E-state index in [1.54, 1.807) is 30.3 Å². The zero-order chi connectivity index (χ0) is 24.6. The van der Waals surface area contributed by atoms with E-state index in [1.165, 1.54) is 19.1 Å². The molecule has 0 spiro atoms. The zero-order valence-corrected chi connectivity index (χ0v) is 19.8. The van der Waals surface area contributed by atoms with E-state index in [4.69, 9.17) is 9.51 Å². The fourth-order valence-corrected chi connectivity index (χ4v) is 5.28. The summed E-state index contributed by atoms with van der Waals surface area (Å²) in [5, 5.41) is 20.5. The van der Waals surface area contributed by atoms with Gasteiger partial charge in [-0.05, 0) is 52.8 Å². The molecule has 3 unspecified atom stereocenters. The highest BCUT2D eigenvalue weighted by atomic mass is 31.1. The molecular formula is C25H26FNO5P+. The number of halogens is 1. The van der Waals surface area contributed by atoms with E-state index in [9.17, 15) is 24.0 Å². The van der Waals surface area contributed by atoms with Gasteiger partial charge in [0.25, 0.3) is 0 Å². The molecule has 0 amide bonds. The highest BCUT2D eigenvalue weighted by Crippen LogP contribution is 2.55. The monoisotopic (exact) mass is 470 g/mol. The van der Waals surface area contributed by atoms with Gasteiger partial charge in [0, 0.05) is 10.9 Å². The van der Waals surface area contributed by atoms with Gasteiger partial charge in [-0.15, -0.1) is 4.52 Å². The summed E-state index contributed by atoms with van der Waals surface area (Å²) in [6.07, 6.45) is 0.950. The Morgan fingerprint density at radius 2 is 1.82 bits per heavy atom. The Balaban J connectivity index is 2.59. The lowest BCUT2D eigenvalue weighted by Gasteiger charge is -2.35. The predicted octanol–water partition coefficient (Wildman–Crippen LogP) is 5.77. The molecule has 2 N–H and O–H groups in total. The summed E-state index contributed by atoms with van der Waals surface area (Å²) in [5.74, 6) is -2.24. The fraction of sp³-hybridized carbons (Fsp3) is 0.280. The Morgan fingerprint density at radius 1 is 1.21 bits per heavy atom. The van der Waals surface area contributed by atoms with Gasteiger partial charge in [-0.25, -0.2) is 9.18 Å². The zero-order valence-electron chi connectivity index (χ0n) is 18.9. The minimum Gasteiger partial charge on any atom is -0.477 e. The first-order chi connectivity index (χ1) is 15.5. The van der Waals surface area contributed by atoms with Crippen LogP contribution in [0.2, 0.25) is 0 Å². The van der Waals surface area contributed by atoms with Crippen LogP contribution in [-0.4, -0.2) is 33.4 Å². The number of hydrogen-bond acceptors (Lipinski definition) is 5. The van der Waals surface area contributed by atoms with Gasteiger partial charge in [0.05, 0.1) is 18.3 Å². The lowest BCUT2D eigenvalue weighted by molar-refractivity contribution is -0.146. The fourth-order valence-electron chi connectivity index (χ4n) is 4.22. The molecule has 0 aliphatic carbocycles. The molecule has 2 aromatic carbocycles. The highest BCUT2D eigenvalue weighted by Gasteiger charge is 2.69. The van der Waals surface area contributed by atoms with Crippen molar-refractivity contribution in [3.8, 4) is 11.1 Å². The van der Waals surface area contributed by atoms with Crippen molar-refractivity contribution in [2.75, 3.05) is 7.11 Å². The molecule has 1 heterocycles. The van der Waals surface area contributed by atoms with E-state index in [1.807, 2.05) is 19.9 Å². The molecular weight excluding hydrogens is 444 g/mol. The minimum atomic E-state index is -2.94. The number of carboxylic acids is 1. The number of aromatic nitrogens is 1. The van der Waals surface area contributed by atoms with Crippen LogP contribution >= 0.6 is 8.03 Å². The van der Waals surface area contributed by atoms with Crippen LogP contribution in [-0.2, 0) is 19.5 Å². The average Bonchev–Trinajstić information content (AvgIpc) is 2.78. The van der Waals surface area contributed by atoms with Gasteiger partial charge in [-0.2, -0.15) is 0 Å². The summed E-state index contributed by atoms with van der Waals surface area (Å²) in [4.78, 5) is 17.3. The van der Waals surface area contributed by atoms with Crippen molar-refractivity contribution in [2.24, 2.45) is 0 Å². The number of rotatable bonds is 8. The summed E-state index contributed by atoms with van der Waals surface area (Å²) in [6, 6.07) is 12.9. The molecule has 0 saturated carbocycles. The van der Waals surface area contributed by atoms with Crippen molar-refractivity contribution in [1.82, 2.24) is 4.98 Å². The molecule has 172 valence electrons. The van der Waals surface area contributed by atoms with E-state index in [0.717, 1.165) is 13.2 Å². The Morgan fingerprint density at radius 3 is 2.33 bits per heavy atom. The van der Waals surface area contributed by atoms with E-state index in [2.05, 4.69) is 6.58 Å². The lowest BCUT2D eigenvalue weighted by Crippen LogP contribution is -2.52. The van der Waals surface area contributed by atoms with Crippen molar-refractivity contribution in [3.63, 3.8) is 0 Å². The van der Waals surface area contributed by atoms with Crippen molar-refractivity contribution in [3.05, 3.63) is 78.3 Å². The number of aliphatic hydroxyl groups is 1. The van der Waals surface area contributed by atoms with Crippen LogP contribution in [0.25, 0.3) is 22.0 Å². The topological polar surface area (TPSA) is 96.7 Å². The molecule has 8 heteroatoms. The van der Waals surface area contributed by atoms with Crippen LogP contribution in [0.1, 0.15) is 37.9 Å². The summed E-state index contributed by atoms with van der Waals surface area (Å²) >= 11 is 0. The number of para-hydroxylation sites is 1. The first-order valence-electron chi connectivity index (χ1n) is 10.3. The Bertz CT molecular complexity index is 1240. The molecule has 0 fully saturated rings. The second-order valence-electron chi connectivity index (χ2n) is 8.21. The van der Waals surface area contributed by atoms with Gasteiger partial charge in [0.2, 0.25) is 0 Å². The lowest BCUT2D eigenvalue weighted by atomic mass is 9.75. The first kappa shape index (κ1) is 24.6. The summed E-state index contributed by atoms with van der Waals surface area (Å²) in [6.45, 7) is 8.59. The van der Waals surface area contributed by atoms with E-state index >= 15 is 0 Å². The van der Waals surface area contributed by atoms with E-state index < -0.39 is 30.6 Å². The first-order valence-corrected chi connectivity index (χ1v) is 11.5. The Hall–Kier alpha value is -2.99. The van der Waals surface area contributed by atoms with Crippen LogP contribution in [0.5, 0.6) is 0 Å². The third-order valence-corrected chi connectivity index (χ3v) is 7.62. The van der Waals surface area contributed by atoms with Crippen molar-refractivity contribution >= 4 is 24.9 Å². The van der Waals surface area contributed by atoms with Crippen LogP contribution in [0.3, 0.4) is 0 Å². The molecule has 33 heavy (non-hydrogen) atoms. The standard InChI is InChI=1S/C25H25FNO5P/c1-6-25(23(28)29,33(31)32-5)24(4,30)21-20(16-11-13-17(26)14-12-16)18-9-7-8-10-19(18)27-22(21)15(2)3/h6-15,30H,1H2,2-5H3/p+1. The number of aliphatic carboxylic acids is 1. The van der Waals surface area contributed by atoms with Crippen LogP contribution in [0.4, 0.5) is 4.39 Å². The maximum atomic E-state index is 13.8. The van der Waals surface area contributed by atoms with Crippen molar-refractivity contribution < 1.29 is 28.5 Å². The van der Waals surface area contributed by atoms with Crippen molar-refractivity contribution in [2.45, 2.75) is 37.4 Å². The second-order valence-corrected chi connectivity index (χ2v) is 9.80. The van der Waals surface area contributed by atoms with E-state index in [-0.39, 0.29) is 11.5 Å². The molecule has 0 aliphatic heterocycles. The van der Waals surface area contributed by atoms with Gasteiger partial charge in [-0.3, -0.25) is 4.98 Å². The normalized spacial score (nSPS) is 15.7. The maximum absolute atomic E-state index is 13.8. The SMILES string of the molecule is C=CC(C(=O)O)([P+](=O)OC)C(C)(O)c1c(C(C)C)nc2ccccc2c1-c1ccc(F)cc1. The molecule has 0 radical (unpaired) electrons. The number of nitrogens with zero attached hydrogens (tertiary/aromatic N) is 1.